The summed E-state index contributed by atoms with van der Waals surface area (Å²) in [4.78, 5) is 4.70. The third-order valence-electron chi connectivity index (χ3n) is 0.475. The lowest BCUT2D eigenvalue weighted by atomic mass is 10.5. The number of nitrogens with zero attached hydrogens (tertiary/aromatic N) is 1. The molecule has 0 heterocycles. The number of hydrogen-bond donors (Lipinski definition) is 0. The van der Waals surface area contributed by atoms with Gasteiger partial charge in [-0.25, -0.2) is 0 Å². The third kappa shape index (κ3) is 4.59. The van der Waals surface area contributed by atoms with E-state index in [9.17, 15) is 0 Å². The molecule has 48 valence electrons. The summed E-state index contributed by atoms with van der Waals surface area (Å²) in [5, 5.41) is 4.39. The maximum atomic E-state index is 4.43. The van der Waals surface area contributed by atoms with E-state index in [1.165, 1.54) is 7.11 Å². The van der Waals surface area contributed by atoms with Gasteiger partial charge in [0.2, 0.25) is 0 Å². The van der Waals surface area contributed by atoms with Gasteiger partial charge in [0, 0.05) is 5.33 Å². The van der Waals surface area contributed by atoms with Crippen LogP contribution in [0.2, 0.25) is 0 Å². The van der Waals surface area contributed by atoms with Crippen molar-refractivity contribution in [2.75, 3.05) is 12.4 Å². The fourth-order valence-electron chi connectivity index (χ4n) is 0.167. The second kappa shape index (κ2) is 5.56. The highest BCUT2D eigenvalue weighted by molar-refractivity contribution is 9.12. The molecule has 0 fully saturated rings. The van der Waals surface area contributed by atoms with Crippen LogP contribution in [0.5, 0.6) is 0 Å². The second-order valence-electron chi connectivity index (χ2n) is 1.11. The highest BCUT2D eigenvalue weighted by atomic mass is 79.9. The lowest BCUT2D eigenvalue weighted by molar-refractivity contribution is 0.215. The Morgan fingerprint density at radius 3 is 2.88 bits per heavy atom. The van der Waals surface area contributed by atoms with Crippen molar-refractivity contribution < 1.29 is 4.84 Å². The molecule has 0 aromatic carbocycles. The monoisotopic (exact) mass is 243 g/mol. The van der Waals surface area contributed by atoms with Crippen LogP contribution in [0.15, 0.2) is 5.16 Å². The molecule has 2 nitrogen and oxygen atoms in total. The summed E-state index contributed by atoms with van der Waals surface area (Å²) in [5.41, 5.74) is 0. The highest BCUT2D eigenvalue weighted by Crippen LogP contribution is 1.99. The number of rotatable bonds is 3. The molecule has 1 atom stereocenters. The van der Waals surface area contributed by atoms with Crippen molar-refractivity contribution in [3.63, 3.8) is 0 Å². The minimum Gasteiger partial charge on any atom is -0.399 e. The van der Waals surface area contributed by atoms with Gasteiger partial charge in [0.15, 0.2) is 0 Å². The molecule has 0 radical (unpaired) electrons. The van der Waals surface area contributed by atoms with E-state index < -0.39 is 0 Å². The fourth-order valence-corrected chi connectivity index (χ4v) is 0.430. The fraction of sp³-hybridized carbons (Fsp3) is 0.750. The number of halogens is 2. The molecule has 0 saturated heterocycles. The van der Waals surface area contributed by atoms with E-state index in [0.717, 1.165) is 5.33 Å². The molecule has 0 amide bonds. The van der Waals surface area contributed by atoms with Crippen molar-refractivity contribution in [2.45, 2.75) is 4.83 Å². The van der Waals surface area contributed by atoms with E-state index in [1.54, 1.807) is 6.21 Å². The Hall–Kier alpha value is 0.430. The van der Waals surface area contributed by atoms with Crippen LogP contribution in [0, 0.1) is 0 Å². The Kier molecular flexibility index (Phi) is 5.86. The molecular formula is C4H7Br2NO. The van der Waals surface area contributed by atoms with Crippen LogP contribution in [-0.2, 0) is 4.84 Å². The predicted molar refractivity (Wildman–Crippen MR) is 42.0 cm³/mol. The molecule has 0 saturated carbocycles. The van der Waals surface area contributed by atoms with Gasteiger partial charge in [-0.05, 0) is 0 Å². The first kappa shape index (κ1) is 8.43. The molecule has 0 aromatic rings. The quantitative estimate of drug-likeness (QED) is 0.422. The molecule has 0 aliphatic rings. The first-order valence-electron chi connectivity index (χ1n) is 2.08. The third-order valence-corrected chi connectivity index (χ3v) is 2.60. The molecule has 0 spiro atoms. The zero-order chi connectivity index (χ0) is 6.41. The molecule has 8 heavy (non-hydrogen) atoms. The first-order chi connectivity index (χ1) is 3.81. The number of hydrogen-bond acceptors (Lipinski definition) is 2. The predicted octanol–water partition coefficient (Wildman–Crippen LogP) is 1.78. The average Bonchev–Trinajstić information content (AvgIpc) is 1.83. The molecular weight excluding hydrogens is 238 g/mol. The summed E-state index contributed by atoms with van der Waals surface area (Å²) >= 11 is 6.55. The Balaban J connectivity index is 3.21. The second-order valence-corrected chi connectivity index (χ2v) is 2.93. The smallest absolute Gasteiger partial charge is 0.106 e. The molecule has 0 N–H and O–H groups in total. The van der Waals surface area contributed by atoms with E-state index in [1.807, 2.05) is 0 Å². The SMILES string of the molecule is CO/N=C/C(Br)CBr. The van der Waals surface area contributed by atoms with Crippen LogP contribution >= 0.6 is 31.9 Å². The molecule has 0 aromatic heterocycles. The minimum atomic E-state index is 0.266. The molecule has 4 heteroatoms. The van der Waals surface area contributed by atoms with Crippen molar-refractivity contribution >= 4 is 38.1 Å². The maximum absolute atomic E-state index is 4.43. The van der Waals surface area contributed by atoms with E-state index in [-0.39, 0.29) is 4.83 Å². The van der Waals surface area contributed by atoms with Crippen molar-refractivity contribution in [1.29, 1.82) is 0 Å². The number of alkyl halides is 2. The van der Waals surface area contributed by atoms with Crippen LogP contribution in [0.1, 0.15) is 0 Å². The molecule has 0 bridgehead atoms. The Morgan fingerprint density at radius 1 is 1.88 bits per heavy atom. The van der Waals surface area contributed by atoms with Crippen LogP contribution < -0.4 is 0 Å². The lowest BCUT2D eigenvalue weighted by Gasteiger charge is -1.92. The highest BCUT2D eigenvalue weighted by Gasteiger charge is 1.93. The topological polar surface area (TPSA) is 21.6 Å². The van der Waals surface area contributed by atoms with Gasteiger partial charge in [-0.15, -0.1) is 0 Å². The normalized spacial score (nSPS) is 14.4. The Morgan fingerprint density at radius 2 is 2.50 bits per heavy atom. The molecule has 1 unspecified atom stereocenters. The van der Waals surface area contributed by atoms with Gasteiger partial charge >= 0.3 is 0 Å². The van der Waals surface area contributed by atoms with Gasteiger partial charge in [-0.3, -0.25) is 0 Å². The van der Waals surface area contributed by atoms with Crippen molar-refractivity contribution in [3.8, 4) is 0 Å². The van der Waals surface area contributed by atoms with Crippen LogP contribution in [0.25, 0.3) is 0 Å². The van der Waals surface area contributed by atoms with Crippen LogP contribution in [0.3, 0.4) is 0 Å². The van der Waals surface area contributed by atoms with Crippen molar-refractivity contribution in [2.24, 2.45) is 5.16 Å². The van der Waals surface area contributed by atoms with E-state index >= 15 is 0 Å². The average molecular weight is 245 g/mol. The maximum Gasteiger partial charge on any atom is 0.106 e. The van der Waals surface area contributed by atoms with Gasteiger partial charge in [-0.2, -0.15) is 0 Å². The zero-order valence-electron chi connectivity index (χ0n) is 4.47. The van der Waals surface area contributed by atoms with Gasteiger partial charge in [0.1, 0.15) is 7.11 Å². The van der Waals surface area contributed by atoms with Gasteiger partial charge in [0.25, 0.3) is 0 Å². The molecule has 0 aliphatic heterocycles. The van der Waals surface area contributed by atoms with Crippen LogP contribution in [-0.4, -0.2) is 23.5 Å². The van der Waals surface area contributed by atoms with Crippen molar-refractivity contribution in [1.82, 2.24) is 0 Å². The molecule has 0 rings (SSSR count). The number of oxime groups is 1. The van der Waals surface area contributed by atoms with Crippen molar-refractivity contribution in [3.05, 3.63) is 0 Å². The summed E-state index contributed by atoms with van der Waals surface area (Å²) in [7, 11) is 1.52. The standard InChI is InChI=1S/C4H7Br2NO/c1-8-7-3-4(6)2-5/h3-4H,2H2,1H3/b7-3+. The summed E-state index contributed by atoms with van der Waals surface area (Å²) in [5.74, 6) is 0. The van der Waals surface area contributed by atoms with E-state index in [0.29, 0.717) is 0 Å². The van der Waals surface area contributed by atoms with Gasteiger partial charge < -0.3 is 4.84 Å². The Bertz CT molecular complexity index is 76.4. The van der Waals surface area contributed by atoms with Gasteiger partial charge in [0.05, 0.1) is 11.0 Å². The first-order valence-corrected chi connectivity index (χ1v) is 4.11. The molecule has 0 aliphatic carbocycles. The van der Waals surface area contributed by atoms with Gasteiger partial charge in [-0.1, -0.05) is 37.0 Å². The van der Waals surface area contributed by atoms with Crippen LogP contribution in [0.4, 0.5) is 0 Å². The van der Waals surface area contributed by atoms with E-state index in [2.05, 4.69) is 41.9 Å². The lowest BCUT2D eigenvalue weighted by Crippen LogP contribution is -1.99. The summed E-state index contributed by atoms with van der Waals surface area (Å²) in [6.45, 7) is 0. The summed E-state index contributed by atoms with van der Waals surface area (Å²) in [6.07, 6.45) is 1.68. The zero-order valence-corrected chi connectivity index (χ0v) is 7.65. The minimum absolute atomic E-state index is 0.266. The Labute approximate surface area is 65.5 Å². The van der Waals surface area contributed by atoms with E-state index in [4.69, 9.17) is 0 Å². The largest absolute Gasteiger partial charge is 0.399 e. The summed E-state index contributed by atoms with van der Waals surface area (Å²) < 4.78 is 0. The summed E-state index contributed by atoms with van der Waals surface area (Å²) in [6, 6.07) is 0.